The van der Waals surface area contributed by atoms with E-state index in [4.69, 9.17) is 4.74 Å². The SMILES string of the molecule is CCOC(=O)NC(CNC(=O)Cc1c[nH]c2ccccc12)CC(C)C. The molecule has 136 valence electrons. The zero-order valence-electron chi connectivity index (χ0n) is 15.1. The first-order valence-corrected chi connectivity index (χ1v) is 8.74. The van der Waals surface area contributed by atoms with Gasteiger partial charge in [0.1, 0.15) is 0 Å². The molecule has 2 amide bonds. The van der Waals surface area contributed by atoms with E-state index in [0.29, 0.717) is 25.5 Å². The summed E-state index contributed by atoms with van der Waals surface area (Å²) in [7, 11) is 0. The van der Waals surface area contributed by atoms with Crippen molar-refractivity contribution in [2.24, 2.45) is 5.92 Å². The molecule has 2 aromatic rings. The molecular weight excluding hydrogens is 318 g/mol. The highest BCUT2D eigenvalue weighted by atomic mass is 16.5. The van der Waals surface area contributed by atoms with E-state index in [1.54, 1.807) is 6.92 Å². The van der Waals surface area contributed by atoms with Gasteiger partial charge in [0.25, 0.3) is 0 Å². The number of benzene rings is 1. The van der Waals surface area contributed by atoms with E-state index in [2.05, 4.69) is 29.5 Å². The van der Waals surface area contributed by atoms with Crippen LogP contribution in [0.1, 0.15) is 32.8 Å². The van der Waals surface area contributed by atoms with Crippen molar-refractivity contribution in [3.63, 3.8) is 0 Å². The first-order chi connectivity index (χ1) is 12.0. The van der Waals surface area contributed by atoms with Crippen LogP contribution < -0.4 is 10.6 Å². The molecule has 0 radical (unpaired) electrons. The molecule has 6 nitrogen and oxygen atoms in total. The highest BCUT2D eigenvalue weighted by Gasteiger charge is 2.16. The molecule has 0 spiro atoms. The van der Waals surface area contributed by atoms with E-state index in [1.807, 2.05) is 30.5 Å². The molecule has 0 aliphatic heterocycles. The third-order valence-corrected chi connectivity index (χ3v) is 3.92. The maximum atomic E-state index is 12.3. The number of carbonyl (C=O) groups is 2. The van der Waals surface area contributed by atoms with Crippen LogP contribution in [0.5, 0.6) is 0 Å². The third-order valence-electron chi connectivity index (χ3n) is 3.92. The topological polar surface area (TPSA) is 83.2 Å². The summed E-state index contributed by atoms with van der Waals surface area (Å²) in [5.74, 6) is 0.335. The summed E-state index contributed by atoms with van der Waals surface area (Å²) < 4.78 is 4.93. The van der Waals surface area contributed by atoms with Crippen molar-refractivity contribution in [3.8, 4) is 0 Å². The lowest BCUT2D eigenvalue weighted by Gasteiger charge is -2.20. The van der Waals surface area contributed by atoms with Crippen LogP contribution in [0, 0.1) is 5.92 Å². The minimum Gasteiger partial charge on any atom is -0.450 e. The Labute approximate surface area is 148 Å². The van der Waals surface area contributed by atoms with E-state index in [-0.39, 0.29) is 11.9 Å². The molecule has 1 aromatic heterocycles. The van der Waals surface area contributed by atoms with Crippen molar-refractivity contribution < 1.29 is 14.3 Å². The molecule has 0 saturated carbocycles. The lowest BCUT2D eigenvalue weighted by atomic mass is 10.0. The number of nitrogens with one attached hydrogen (secondary N) is 3. The minimum absolute atomic E-state index is 0.0656. The fourth-order valence-corrected chi connectivity index (χ4v) is 2.85. The Morgan fingerprint density at radius 3 is 2.72 bits per heavy atom. The Bertz CT molecular complexity index is 709. The van der Waals surface area contributed by atoms with Crippen molar-refractivity contribution in [2.75, 3.05) is 13.2 Å². The Hall–Kier alpha value is -2.50. The number of carbonyl (C=O) groups excluding carboxylic acids is 2. The summed E-state index contributed by atoms with van der Waals surface area (Å²) in [5.41, 5.74) is 1.99. The molecule has 1 heterocycles. The van der Waals surface area contributed by atoms with Crippen LogP contribution in [-0.2, 0) is 16.0 Å². The Kier molecular flexibility index (Phi) is 6.86. The van der Waals surface area contributed by atoms with E-state index < -0.39 is 6.09 Å². The molecular formula is C19H27N3O3. The zero-order valence-corrected chi connectivity index (χ0v) is 15.1. The average molecular weight is 345 g/mol. The van der Waals surface area contributed by atoms with Gasteiger partial charge >= 0.3 is 6.09 Å². The molecule has 0 saturated heterocycles. The van der Waals surface area contributed by atoms with Gasteiger partial charge in [-0.25, -0.2) is 4.79 Å². The summed E-state index contributed by atoms with van der Waals surface area (Å²) >= 11 is 0. The molecule has 1 atom stereocenters. The van der Waals surface area contributed by atoms with Crippen LogP contribution >= 0.6 is 0 Å². The summed E-state index contributed by atoms with van der Waals surface area (Å²) in [6.45, 7) is 6.63. The Morgan fingerprint density at radius 1 is 1.24 bits per heavy atom. The number of H-pyrrole nitrogens is 1. The summed E-state index contributed by atoms with van der Waals surface area (Å²) in [6, 6.07) is 7.75. The normalized spacial score (nSPS) is 12.2. The monoisotopic (exact) mass is 345 g/mol. The van der Waals surface area contributed by atoms with Gasteiger partial charge in [0.2, 0.25) is 5.91 Å². The molecule has 0 fully saturated rings. The summed E-state index contributed by atoms with van der Waals surface area (Å²) in [6.07, 6.45) is 2.50. The molecule has 3 N–H and O–H groups in total. The number of hydrogen-bond donors (Lipinski definition) is 3. The van der Waals surface area contributed by atoms with Crippen LogP contribution in [0.2, 0.25) is 0 Å². The van der Waals surface area contributed by atoms with Gasteiger partial charge in [0, 0.05) is 29.7 Å². The highest BCUT2D eigenvalue weighted by molar-refractivity contribution is 5.88. The van der Waals surface area contributed by atoms with Crippen LogP contribution in [0.25, 0.3) is 10.9 Å². The van der Waals surface area contributed by atoms with Crippen molar-refractivity contribution in [1.82, 2.24) is 15.6 Å². The quantitative estimate of drug-likeness (QED) is 0.688. The number of para-hydroxylation sites is 1. The largest absolute Gasteiger partial charge is 0.450 e. The standard InChI is InChI=1S/C19H27N3O3/c1-4-25-19(24)22-15(9-13(2)3)12-21-18(23)10-14-11-20-17-8-6-5-7-16(14)17/h5-8,11,13,15,20H,4,9-10,12H2,1-3H3,(H,21,23)(H,22,24). The summed E-state index contributed by atoms with van der Waals surface area (Å²) in [5, 5.41) is 6.78. The minimum atomic E-state index is -0.445. The smallest absolute Gasteiger partial charge is 0.407 e. The molecule has 1 unspecified atom stereocenters. The first kappa shape index (κ1) is 18.8. The van der Waals surface area contributed by atoms with E-state index in [0.717, 1.165) is 22.9 Å². The maximum absolute atomic E-state index is 12.3. The van der Waals surface area contributed by atoms with Gasteiger partial charge in [0.05, 0.1) is 13.0 Å². The second-order valence-corrected chi connectivity index (χ2v) is 6.53. The zero-order chi connectivity index (χ0) is 18.2. The molecule has 0 bridgehead atoms. The molecule has 0 aliphatic carbocycles. The average Bonchev–Trinajstić information content (AvgIpc) is 2.95. The number of aromatic amines is 1. The molecule has 25 heavy (non-hydrogen) atoms. The maximum Gasteiger partial charge on any atom is 0.407 e. The van der Waals surface area contributed by atoms with Gasteiger partial charge in [-0.15, -0.1) is 0 Å². The number of alkyl carbamates (subject to hydrolysis) is 1. The van der Waals surface area contributed by atoms with Gasteiger partial charge < -0.3 is 20.4 Å². The van der Waals surface area contributed by atoms with Crippen molar-refractivity contribution in [2.45, 2.75) is 39.7 Å². The lowest BCUT2D eigenvalue weighted by molar-refractivity contribution is -0.120. The Balaban J connectivity index is 1.90. The highest BCUT2D eigenvalue weighted by Crippen LogP contribution is 2.17. The van der Waals surface area contributed by atoms with Gasteiger partial charge in [-0.1, -0.05) is 32.0 Å². The number of ether oxygens (including phenoxy) is 1. The number of fused-ring (bicyclic) bond motifs is 1. The molecule has 1 aromatic carbocycles. The van der Waals surface area contributed by atoms with Crippen LogP contribution in [-0.4, -0.2) is 36.2 Å². The number of amides is 2. The first-order valence-electron chi connectivity index (χ1n) is 8.74. The predicted octanol–water partition coefficient (Wildman–Crippen LogP) is 2.99. The molecule has 0 aliphatic rings. The lowest BCUT2D eigenvalue weighted by Crippen LogP contribution is -2.44. The van der Waals surface area contributed by atoms with Gasteiger partial charge in [0.15, 0.2) is 0 Å². The summed E-state index contributed by atoms with van der Waals surface area (Å²) in [4.78, 5) is 27.1. The number of aromatic nitrogens is 1. The molecule has 2 rings (SSSR count). The fraction of sp³-hybridized carbons (Fsp3) is 0.474. The molecule has 6 heteroatoms. The fourth-order valence-electron chi connectivity index (χ4n) is 2.85. The van der Waals surface area contributed by atoms with Crippen molar-refractivity contribution in [1.29, 1.82) is 0 Å². The van der Waals surface area contributed by atoms with Gasteiger partial charge in [-0.2, -0.15) is 0 Å². The Morgan fingerprint density at radius 2 is 2.00 bits per heavy atom. The van der Waals surface area contributed by atoms with Crippen molar-refractivity contribution >= 4 is 22.9 Å². The number of hydrogen-bond acceptors (Lipinski definition) is 3. The van der Waals surface area contributed by atoms with Crippen LogP contribution in [0.3, 0.4) is 0 Å². The van der Waals surface area contributed by atoms with E-state index in [1.165, 1.54) is 0 Å². The van der Waals surface area contributed by atoms with Gasteiger partial charge in [-0.3, -0.25) is 4.79 Å². The van der Waals surface area contributed by atoms with E-state index in [9.17, 15) is 9.59 Å². The third kappa shape index (κ3) is 5.81. The van der Waals surface area contributed by atoms with Gasteiger partial charge in [-0.05, 0) is 30.9 Å². The van der Waals surface area contributed by atoms with E-state index >= 15 is 0 Å². The van der Waals surface area contributed by atoms with Crippen LogP contribution in [0.15, 0.2) is 30.5 Å². The second kappa shape index (κ2) is 9.11. The van der Waals surface area contributed by atoms with Crippen LogP contribution in [0.4, 0.5) is 4.79 Å². The van der Waals surface area contributed by atoms with Crippen molar-refractivity contribution in [3.05, 3.63) is 36.0 Å². The number of rotatable bonds is 8. The predicted molar refractivity (Wildman–Crippen MR) is 98.4 cm³/mol. The second-order valence-electron chi connectivity index (χ2n) is 6.53.